The number of halogens is 2. The zero-order valence-corrected chi connectivity index (χ0v) is 49.7. The van der Waals surface area contributed by atoms with Gasteiger partial charge in [0.15, 0.2) is 0 Å². The van der Waals surface area contributed by atoms with E-state index in [0.29, 0.717) is 0 Å². The Kier molecular flexibility index (Phi) is 19.0. The van der Waals surface area contributed by atoms with Gasteiger partial charge in [-0.3, -0.25) is 0 Å². The summed E-state index contributed by atoms with van der Waals surface area (Å²) in [6, 6.07) is 119. The summed E-state index contributed by atoms with van der Waals surface area (Å²) < 4.78 is 33.4. The Morgan fingerprint density at radius 3 is 0.494 bits per heavy atom. The van der Waals surface area contributed by atoms with Crippen LogP contribution < -0.4 is 26.1 Å². The first kappa shape index (κ1) is 55.8. The van der Waals surface area contributed by atoms with Gasteiger partial charge in [-0.15, -0.1) is 0 Å². The van der Waals surface area contributed by atoms with Crippen molar-refractivity contribution in [1.82, 2.24) is 0 Å². The first-order chi connectivity index (χ1) is 39.8. The van der Waals surface area contributed by atoms with Gasteiger partial charge in [-0.25, -0.2) is 0 Å². The maximum absolute atomic E-state index is 11.1. The molecule has 0 N–H and O–H groups in total. The Bertz CT molecular complexity index is 3320. The molecule has 0 aliphatic heterocycles. The van der Waals surface area contributed by atoms with Crippen LogP contribution >= 0.6 is 0 Å². The molecular weight excluding hydrogens is 1210 g/mol. The van der Waals surface area contributed by atoms with Crippen molar-refractivity contribution in [2.75, 3.05) is 0 Å². The third kappa shape index (κ3) is 14.7. The average Bonchev–Trinajstić information content (AvgIpc) is 3.58. The second kappa shape index (κ2) is 27.6. The quantitative estimate of drug-likeness (QED) is 0.0805. The van der Waals surface area contributed by atoms with E-state index in [9.17, 15) is 6.32 Å². The molecule has 81 heavy (non-hydrogen) atoms. The van der Waals surface area contributed by atoms with Crippen LogP contribution in [-0.2, 0) is 17.6 Å². The van der Waals surface area contributed by atoms with Gasteiger partial charge in [0.2, 0.25) is 0 Å². The Morgan fingerprint density at radius 1 is 0.210 bits per heavy atom. The molecule has 0 atom stereocenters. The second-order valence-corrected chi connectivity index (χ2v) is 30.8. The van der Waals surface area contributed by atoms with E-state index in [1.54, 1.807) is 0 Å². The summed E-state index contributed by atoms with van der Waals surface area (Å²) in [6.07, 6.45) is 0. The molecule has 0 aliphatic carbocycles. The fraction of sp³-hybridized carbons (Fsp3) is 0. The van der Waals surface area contributed by atoms with Crippen LogP contribution in [0.1, 0.15) is 0 Å². The van der Waals surface area contributed by atoms with E-state index >= 15 is 0 Å². The Labute approximate surface area is 487 Å². The number of hydrogen-bond donors (Lipinski definition) is 0. The van der Waals surface area contributed by atoms with Gasteiger partial charge in [0, 0.05) is 0 Å². The van der Waals surface area contributed by atoms with E-state index in [1.165, 1.54) is 100 Å². The molecule has 394 valence electrons. The van der Waals surface area contributed by atoms with E-state index in [4.69, 9.17) is 9.81 Å². The molecule has 0 aromatic heterocycles. The topological polar surface area (TPSA) is 58.9 Å². The fourth-order valence-corrected chi connectivity index (χ4v) is 19.8. The van der Waals surface area contributed by atoms with Gasteiger partial charge in [0.25, 0.3) is 0 Å². The molecule has 0 saturated carbocycles. The second-order valence-electron chi connectivity index (χ2n) is 18.7. The van der Waals surface area contributed by atoms with Crippen molar-refractivity contribution < 1.29 is 23.9 Å². The van der Waals surface area contributed by atoms with Crippen molar-refractivity contribution in [1.29, 1.82) is 0 Å². The van der Waals surface area contributed by atoms with Crippen LogP contribution in [0.4, 0.5) is 6.32 Å². The van der Waals surface area contributed by atoms with Crippen molar-refractivity contribution in [3.8, 4) is 66.8 Å². The predicted molar refractivity (Wildman–Crippen MR) is 334 cm³/mol. The molecule has 0 bridgehead atoms. The van der Waals surface area contributed by atoms with E-state index in [2.05, 4.69) is 328 Å². The van der Waals surface area contributed by atoms with Crippen LogP contribution in [0, 0.1) is 9.81 Å². The monoisotopic (exact) mass is 1260 g/mol. The Hall–Kier alpha value is -8.49. The molecule has 9 heteroatoms. The van der Waals surface area contributed by atoms with Crippen molar-refractivity contribution >= 4 is 55.4 Å². The summed E-state index contributed by atoms with van der Waals surface area (Å²) in [7, 11) is 0. The van der Waals surface area contributed by atoms with Gasteiger partial charge >= 0.3 is 491 Å². The van der Waals surface area contributed by atoms with Gasteiger partial charge < -0.3 is 0 Å². The predicted octanol–water partition coefficient (Wildman–Crippen LogP) is 15.7. The molecule has 0 saturated heterocycles. The fourth-order valence-electron chi connectivity index (χ4n) is 9.64. The van der Waals surface area contributed by atoms with Crippen LogP contribution in [0.25, 0.3) is 66.8 Å². The number of benzene rings is 12. The molecular formula is C72H54As2F2MoN2O2. The molecule has 0 spiro atoms. The molecule has 12 rings (SSSR count). The first-order valence-corrected chi connectivity index (χ1v) is 35.2. The van der Waals surface area contributed by atoms with Gasteiger partial charge in [-0.1, -0.05) is 0 Å². The van der Waals surface area contributed by atoms with E-state index in [1.807, 2.05) is 0 Å². The van der Waals surface area contributed by atoms with E-state index < -0.39 is 46.9 Å². The molecule has 0 aliphatic rings. The zero-order valence-electron chi connectivity index (χ0n) is 43.9. The SMILES string of the molecule is O=[N][Mo]([F])([F])[N]=O.c1ccc(-c2cccc([As](c3cccc(-c4ccccc4)c3)c3cccc(-c4ccccc4)c3)c2)cc1.c1ccc(-c2cccc([As](c3cccc(-c4ccccc4)c3)c3cccc(-c4ccccc4)c3)c2)cc1. The van der Waals surface area contributed by atoms with Crippen LogP contribution in [-0.4, -0.2) is 29.3 Å². The molecule has 12 aromatic rings. The standard InChI is InChI=1S/2C36H27As.2FH.Mo.2NO/c2*1-4-13-28(14-5-1)31-19-10-22-34(25-31)37(35-23-11-20-32(26-35)29-15-6-2-7-16-29)36-24-12-21-33(27-36)30-17-8-3-9-18-30;;;;2*1-2/h2*1-27H;2*1H;;;/q;;;;+4;2*-1/p-2. The third-order valence-corrected chi connectivity index (χ3v) is 24.3. The summed E-state index contributed by atoms with van der Waals surface area (Å²) in [4.78, 5) is 17.7. The third-order valence-electron chi connectivity index (χ3n) is 13.4. The van der Waals surface area contributed by atoms with Gasteiger partial charge in [0.05, 0.1) is 0 Å². The Balaban J connectivity index is 0.000000163. The minimum absolute atomic E-state index is 1.26. The van der Waals surface area contributed by atoms with Gasteiger partial charge in [0.1, 0.15) is 0 Å². The average molecular weight is 1260 g/mol. The number of nitrogens with zero attached hydrogens (tertiary/aromatic N) is 2. The van der Waals surface area contributed by atoms with Gasteiger partial charge in [-0.2, -0.15) is 0 Å². The van der Waals surface area contributed by atoms with Crippen LogP contribution in [0.3, 0.4) is 0 Å². The summed E-state index contributed by atoms with van der Waals surface area (Å²) in [5.74, 6) is 0. The zero-order chi connectivity index (χ0) is 55.6. The number of rotatable bonds is 14. The van der Waals surface area contributed by atoms with E-state index in [-0.39, 0.29) is 0 Å². The number of nitroso groups, excluding NO2 is 2. The summed E-state index contributed by atoms with van der Waals surface area (Å²) in [5.41, 5.74) is 15.2. The van der Waals surface area contributed by atoms with Gasteiger partial charge in [-0.05, 0) is 0 Å². The van der Waals surface area contributed by atoms with E-state index in [0.717, 1.165) is 0 Å². The molecule has 4 nitrogen and oxygen atoms in total. The Morgan fingerprint density at radius 2 is 0.358 bits per heavy atom. The molecule has 0 fully saturated rings. The van der Waals surface area contributed by atoms with Crippen molar-refractivity contribution in [2.45, 2.75) is 0 Å². The van der Waals surface area contributed by atoms with Crippen LogP contribution in [0.5, 0.6) is 0 Å². The van der Waals surface area contributed by atoms with Crippen molar-refractivity contribution in [2.24, 2.45) is 7.47 Å². The van der Waals surface area contributed by atoms with Crippen molar-refractivity contribution in [3.63, 3.8) is 0 Å². The molecule has 12 aromatic carbocycles. The molecule has 0 amide bonds. The summed E-state index contributed by atoms with van der Waals surface area (Å²) in [5, 5.41) is 0. The van der Waals surface area contributed by atoms with Crippen LogP contribution in [0.2, 0.25) is 0 Å². The molecule has 0 radical (unpaired) electrons. The first-order valence-electron chi connectivity index (χ1n) is 26.3. The number of hydrogen-bond acceptors (Lipinski definition) is 4. The minimum atomic E-state index is -5.97. The maximum atomic E-state index is 11.1. The molecule has 0 heterocycles. The van der Waals surface area contributed by atoms with Crippen LogP contribution in [0.15, 0.2) is 335 Å². The van der Waals surface area contributed by atoms with Crippen molar-refractivity contribution in [3.05, 3.63) is 337 Å². The summed E-state index contributed by atoms with van der Waals surface area (Å²) in [6.45, 7) is 0. The summed E-state index contributed by atoms with van der Waals surface area (Å²) >= 11 is -9.68. The molecule has 0 unspecified atom stereocenters. The normalized spacial score (nSPS) is 11.1.